The van der Waals surface area contributed by atoms with Crippen molar-refractivity contribution in [1.82, 2.24) is 0 Å². The summed E-state index contributed by atoms with van der Waals surface area (Å²) in [5, 5.41) is 0. The summed E-state index contributed by atoms with van der Waals surface area (Å²) < 4.78 is 0. The summed E-state index contributed by atoms with van der Waals surface area (Å²) in [5.41, 5.74) is 34.1. The Hall–Kier alpha value is -6.24. The first-order chi connectivity index (χ1) is 31.8. The molecule has 12 rings (SSSR count). The summed E-state index contributed by atoms with van der Waals surface area (Å²) in [6.07, 6.45) is 2.21. The van der Waals surface area contributed by atoms with Gasteiger partial charge in [-0.3, -0.25) is 0 Å². The van der Waals surface area contributed by atoms with Crippen molar-refractivity contribution in [2.45, 2.75) is 196 Å². The molecule has 76 heavy (non-hydrogen) atoms. The standard InChI is InChI=1S/2C16H16.2C15H14.2C2H6.10CH4/c2*1-10-4-6-13-14-7-5-11(2)9-16(14)12(3)15(13)8-10;2*1-10-3-5-14-12(7-10)9-13-8-11(2)4-6-15(13)14;2*1-2;;;;;;;;;;/h2*4-9,12H,1-3H3;2*3-8H,9H2,1-2H3;2*1-2H3;10*1H4. The molecule has 0 amide bonds. The van der Waals surface area contributed by atoms with Crippen LogP contribution in [-0.4, -0.2) is 0 Å². The van der Waals surface area contributed by atoms with Gasteiger partial charge in [0.1, 0.15) is 0 Å². The minimum atomic E-state index is 0. The van der Waals surface area contributed by atoms with E-state index in [1.807, 2.05) is 27.7 Å². The van der Waals surface area contributed by atoms with Crippen LogP contribution < -0.4 is 0 Å². The van der Waals surface area contributed by atoms with Gasteiger partial charge in [0.25, 0.3) is 0 Å². The molecular weight excluding hydrogens is 913 g/mol. The van der Waals surface area contributed by atoms with E-state index in [4.69, 9.17) is 0 Å². The fraction of sp³-hybridized carbons (Fsp3) is 0.368. The van der Waals surface area contributed by atoms with Crippen LogP contribution in [0.4, 0.5) is 0 Å². The van der Waals surface area contributed by atoms with E-state index in [-0.39, 0.29) is 74.3 Å². The maximum absolute atomic E-state index is 2.33. The van der Waals surface area contributed by atoms with E-state index in [2.05, 4.69) is 215 Å². The Kier molecular flexibility index (Phi) is 33.2. The summed E-state index contributed by atoms with van der Waals surface area (Å²) >= 11 is 0. The third-order valence-corrected chi connectivity index (χ3v) is 13.7. The van der Waals surface area contributed by atoms with Crippen molar-refractivity contribution >= 4 is 0 Å². The number of benzene rings is 8. The molecule has 0 heterocycles. The molecule has 0 aromatic heterocycles. The van der Waals surface area contributed by atoms with Gasteiger partial charge in [0.15, 0.2) is 0 Å². The van der Waals surface area contributed by atoms with Gasteiger partial charge in [-0.2, -0.15) is 0 Å². The van der Waals surface area contributed by atoms with Gasteiger partial charge in [0, 0.05) is 11.8 Å². The molecule has 0 nitrogen and oxygen atoms in total. The molecule has 4 aliphatic carbocycles. The van der Waals surface area contributed by atoms with E-state index in [1.165, 1.54) is 134 Å². The van der Waals surface area contributed by atoms with E-state index in [1.54, 1.807) is 0 Å². The number of fused-ring (bicyclic) bond motifs is 12. The minimum Gasteiger partial charge on any atom is -0.0776 e. The van der Waals surface area contributed by atoms with Crippen LogP contribution in [0.2, 0.25) is 0 Å². The van der Waals surface area contributed by atoms with E-state index < -0.39 is 0 Å². The van der Waals surface area contributed by atoms with Crippen LogP contribution in [0.1, 0.15) is 217 Å². The number of hydrogen-bond donors (Lipinski definition) is 0. The zero-order valence-electron chi connectivity index (χ0n) is 42.4. The third-order valence-electron chi connectivity index (χ3n) is 13.7. The minimum absolute atomic E-state index is 0. The lowest BCUT2D eigenvalue weighted by Gasteiger charge is -2.07. The van der Waals surface area contributed by atoms with Gasteiger partial charge in [-0.05, 0) is 157 Å². The molecule has 0 bridgehead atoms. The lowest BCUT2D eigenvalue weighted by Crippen LogP contribution is -1.90. The van der Waals surface area contributed by atoms with Crippen molar-refractivity contribution in [1.29, 1.82) is 0 Å². The third kappa shape index (κ3) is 15.9. The highest BCUT2D eigenvalue weighted by Gasteiger charge is 2.26. The molecule has 0 saturated carbocycles. The second kappa shape index (κ2) is 33.0. The monoisotopic (exact) mass is 1020 g/mol. The quantitative estimate of drug-likeness (QED) is 0.142. The summed E-state index contributed by atoms with van der Waals surface area (Å²) in [6, 6.07) is 54.3. The maximum Gasteiger partial charge on any atom is 0.00735 e. The molecule has 4 aliphatic rings. The smallest absolute Gasteiger partial charge is 0.00735 e. The Morgan fingerprint density at radius 2 is 0.368 bits per heavy atom. The fourth-order valence-corrected chi connectivity index (χ4v) is 10.4. The van der Waals surface area contributed by atoms with Gasteiger partial charge in [-0.15, -0.1) is 0 Å². The van der Waals surface area contributed by atoms with Crippen molar-refractivity contribution < 1.29 is 0 Å². The Morgan fingerprint density at radius 1 is 0.224 bits per heavy atom. The van der Waals surface area contributed by atoms with Crippen LogP contribution >= 0.6 is 0 Å². The average Bonchev–Trinajstić information content (AvgIpc) is 4.01. The van der Waals surface area contributed by atoms with Crippen LogP contribution in [0.5, 0.6) is 0 Å². The van der Waals surface area contributed by atoms with Gasteiger partial charge < -0.3 is 0 Å². The molecule has 8 aromatic rings. The normalized spacial score (nSPS) is 10.8. The summed E-state index contributed by atoms with van der Waals surface area (Å²) in [6.45, 7) is 29.9. The summed E-state index contributed by atoms with van der Waals surface area (Å²) in [5.74, 6) is 1.09. The van der Waals surface area contributed by atoms with E-state index in [0.29, 0.717) is 11.8 Å². The Bertz CT molecular complexity index is 2620. The molecule has 0 unspecified atom stereocenters. The van der Waals surface area contributed by atoms with Gasteiger partial charge >= 0.3 is 0 Å². The first-order valence-corrected chi connectivity index (χ1v) is 24.6. The van der Waals surface area contributed by atoms with Crippen LogP contribution in [-0.2, 0) is 12.8 Å². The molecule has 0 saturated heterocycles. The largest absolute Gasteiger partial charge is 0.0776 e. The fourth-order valence-electron chi connectivity index (χ4n) is 10.4. The predicted octanol–water partition coefficient (Wildman–Crippen LogP) is 25.0. The summed E-state index contributed by atoms with van der Waals surface area (Å²) in [4.78, 5) is 0. The van der Waals surface area contributed by atoms with E-state index in [9.17, 15) is 0 Å². The van der Waals surface area contributed by atoms with Crippen molar-refractivity contribution in [3.8, 4) is 44.5 Å². The highest BCUT2D eigenvalue weighted by atomic mass is 14.3. The van der Waals surface area contributed by atoms with Crippen molar-refractivity contribution in [2.75, 3.05) is 0 Å². The van der Waals surface area contributed by atoms with E-state index in [0.717, 1.165) is 12.8 Å². The van der Waals surface area contributed by atoms with Gasteiger partial charge in [-0.25, -0.2) is 0 Å². The second-order valence-corrected chi connectivity index (χ2v) is 18.8. The van der Waals surface area contributed by atoms with E-state index >= 15 is 0 Å². The Labute approximate surface area is 472 Å². The molecule has 0 spiro atoms. The van der Waals surface area contributed by atoms with Gasteiger partial charge in [-0.1, -0.05) is 306 Å². The SMILES string of the molecule is C.C.C.C.C.C.C.C.C.C.CC.CC.Cc1ccc2c(c1)C(C)c1cc(C)ccc1-2.Cc1ccc2c(c1)C(C)c1cc(C)ccc1-2.Cc1ccc2c(c1)Cc1cc(C)ccc1-2.Cc1ccc2c(c1)Cc1cc(C)ccc1-2. The molecule has 0 atom stereocenters. The Morgan fingerprint density at radius 3 is 0.539 bits per heavy atom. The molecule has 0 fully saturated rings. The number of rotatable bonds is 0. The Balaban J connectivity index is -0.000000426. The second-order valence-electron chi connectivity index (χ2n) is 18.8. The molecule has 8 aromatic carbocycles. The molecule has 0 radical (unpaired) electrons. The average molecular weight is 1030 g/mol. The van der Waals surface area contributed by atoms with Crippen LogP contribution in [0, 0.1) is 55.4 Å². The van der Waals surface area contributed by atoms with Crippen LogP contribution in [0.15, 0.2) is 146 Å². The van der Waals surface area contributed by atoms with Gasteiger partial charge in [0.05, 0.1) is 0 Å². The highest BCUT2D eigenvalue weighted by Crippen LogP contribution is 2.46. The highest BCUT2D eigenvalue weighted by molar-refractivity contribution is 5.81. The molecule has 0 heteroatoms. The zero-order valence-corrected chi connectivity index (χ0v) is 42.4. The molecule has 416 valence electrons. The molecule has 0 N–H and O–H groups in total. The maximum atomic E-state index is 2.33. The van der Waals surface area contributed by atoms with Crippen LogP contribution in [0.3, 0.4) is 0 Å². The first kappa shape index (κ1) is 76.3. The van der Waals surface area contributed by atoms with Crippen molar-refractivity contribution in [3.05, 3.63) is 235 Å². The number of aryl methyl sites for hydroxylation is 8. The van der Waals surface area contributed by atoms with Gasteiger partial charge in [0.2, 0.25) is 0 Å². The molecular formula is C76H112. The summed E-state index contributed by atoms with van der Waals surface area (Å²) in [7, 11) is 0. The van der Waals surface area contributed by atoms with Crippen molar-refractivity contribution in [2.24, 2.45) is 0 Å². The first-order valence-electron chi connectivity index (χ1n) is 24.6. The molecule has 0 aliphatic heterocycles. The van der Waals surface area contributed by atoms with Crippen molar-refractivity contribution in [3.63, 3.8) is 0 Å². The lowest BCUT2D eigenvalue weighted by atomic mass is 9.97. The zero-order chi connectivity index (χ0) is 47.4. The van der Waals surface area contributed by atoms with Crippen LogP contribution in [0.25, 0.3) is 44.5 Å². The number of hydrogen-bond acceptors (Lipinski definition) is 0. The lowest BCUT2D eigenvalue weighted by molar-refractivity contribution is 0.952. The topological polar surface area (TPSA) is 0 Å². The predicted molar refractivity (Wildman–Crippen MR) is 356 cm³/mol.